The van der Waals surface area contributed by atoms with Gasteiger partial charge in [-0.15, -0.1) is 11.3 Å². The van der Waals surface area contributed by atoms with Crippen LogP contribution < -0.4 is 5.14 Å². The molecule has 0 amide bonds. The van der Waals surface area contributed by atoms with Gasteiger partial charge >= 0.3 is 5.97 Å². The van der Waals surface area contributed by atoms with Gasteiger partial charge in [0.25, 0.3) is 0 Å². The van der Waals surface area contributed by atoms with E-state index < -0.39 is 16.0 Å². The van der Waals surface area contributed by atoms with Crippen LogP contribution in [0, 0.1) is 6.92 Å². The molecule has 2 aromatic heterocycles. The normalized spacial score (nSPS) is 11.9. The van der Waals surface area contributed by atoms with Crippen LogP contribution >= 0.6 is 11.3 Å². The molecule has 2 heterocycles. The second kappa shape index (κ2) is 4.34. The first-order chi connectivity index (χ1) is 8.36. The second-order valence-corrected chi connectivity index (χ2v) is 5.89. The minimum atomic E-state index is -4.04. The van der Waals surface area contributed by atoms with Gasteiger partial charge in [-0.2, -0.15) is 5.10 Å². The molecule has 0 fully saturated rings. The summed E-state index contributed by atoms with van der Waals surface area (Å²) >= 11 is 1.16. The molecule has 0 spiro atoms. The minimum Gasteiger partial charge on any atom is -0.461 e. The Labute approximate surface area is 107 Å². The van der Waals surface area contributed by atoms with E-state index in [0.717, 1.165) is 17.0 Å². The van der Waals surface area contributed by atoms with Crippen LogP contribution in [0.25, 0.3) is 4.83 Å². The van der Waals surface area contributed by atoms with Crippen LogP contribution in [0.1, 0.15) is 23.1 Å². The predicted molar refractivity (Wildman–Crippen MR) is 65.1 cm³/mol. The van der Waals surface area contributed by atoms with Crippen molar-refractivity contribution >= 4 is 32.2 Å². The number of esters is 1. The van der Waals surface area contributed by atoms with E-state index in [0.29, 0.717) is 4.83 Å². The minimum absolute atomic E-state index is 0.132. The van der Waals surface area contributed by atoms with Gasteiger partial charge in [-0.05, 0) is 13.8 Å². The zero-order valence-corrected chi connectivity index (χ0v) is 11.3. The van der Waals surface area contributed by atoms with Gasteiger partial charge in [-0.25, -0.2) is 22.9 Å². The Balaban J connectivity index is 2.76. The van der Waals surface area contributed by atoms with Crippen LogP contribution in [-0.2, 0) is 14.8 Å². The van der Waals surface area contributed by atoms with E-state index >= 15 is 0 Å². The van der Waals surface area contributed by atoms with Crippen molar-refractivity contribution in [3.05, 3.63) is 16.8 Å². The molecule has 0 saturated heterocycles. The van der Waals surface area contributed by atoms with E-state index in [9.17, 15) is 13.2 Å². The fourth-order valence-corrected chi connectivity index (χ4v) is 3.60. The van der Waals surface area contributed by atoms with E-state index in [1.807, 2.05) is 0 Å². The Morgan fingerprint density at radius 2 is 2.28 bits per heavy atom. The SMILES string of the molecule is CCOC(=O)c1nn2c(C)csc2c1S(N)(=O)=O. The molecule has 0 aromatic carbocycles. The van der Waals surface area contributed by atoms with Crippen LogP contribution in [0.2, 0.25) is 0 Å². The van der Waals surface area contributed by atoms with Gasteiger partial charge in [0.05, 0.1) is 12.3 Å². The van der Waals surface area contributed by atoms with Gasteiger partial charge in [0.15, 0.2) is 10.6 Å². The van der Waals surface area contributed by atoms with E-state index in [4.69, 9.17) is 9.88 Å². The number of thiazole rings is 1. The number of aromatic nitrogens is 2. The standard InChI is InChI=1S/C9H11N3O4S2/c1-3-16-9(13)6-7(18(10,14)15)8-12(11-6)5(2)4-17-8/h4H,3H2,1-2H3,(H2,10,14,15). The van der Waals surface area contributed by atoms with Crippen LogP contribution in [0.3, 0.4) is 0 Å². The first kappa shape index (κ1) is 13.0. The summed E-state index contributed by atoms with van der Waals surface area (Å²) in [6.07, 6.45) is 0. The van der Waals surface area contributed by atoms with Gasteiger partial charge in [0, 0.05) is 5.38 Å². The predicted octanol–water partition coefficient (Wildman–Crippen LogP) is 0.528. The Hall–Kier alpha value is -1.45. The second-order valence-electron chi connectivity index (χ2n) is 3.54. The fraction of sp³-hybridized carbons (Fsp3) is 0.333. The molecule has 0 atom stereocenters. The lowest BCUT2D eigenvalue weighted by atomic mass is 10.4. The molecule has 98 valence electrons. The molecule has 0 aliphatic carbocycles. The molecule has 0 aliphatic heterocycles. The van der Waals surface area contributed by atoms with Crippen molar-refractivity contribution in [3.63, 3.8) is 0 Å². The van der Waals surface area contributed by atoms with Crippen LogP contribution in [0.4, 0.5) is 0 Å². The molecule has 0 radical (unpaired) electrons. The van der Waals surface area contributed by atoms with Crippen LogP contribution in [0.15, 0.2) is 10.3 Å². The molecule has 7 nitrogen and oxygen atoms in total. The van der Waals surface area contributed by atoms with Gasteiger partial charge in [0.1, 0.15) is 4.83 Å². The summed E-state index contributed by atoms with van der Waals surface area (Å²) < 4.78 is 29.3. The molecule has 0 saturated carbocycles. The maximum absolute atomic E-state index is 11.7. The maximum Gasteiger partial charge on any atom is 0.360 e. The largest absolute Gasteiger partial charge is 0.461 e. The molecular weight excluding hydrogens is 278 g/mol. The number of carbonyl (C=O) groups excluding carboxylic acids is 1. The maximum atomic E-state index is 11.7. The number of carbonyl (C=O) groups is 1. The smallest absolute Gasteiger partial charge is 0.360 e. The Morgan fingerprint density at radius 3 is 2.83 bits per heavy atom. The number of hydrogen-bond acceptors (Lipinski definition) is 6. The summed E-state index contributed by atoms with van der Waals surface area (Å²) in [5.74, 6) is -0.795. The Morgan fingerprint density at radius 1 is 1.61 bits per heavy atom. The highest BCUT2D eigenvalue weighted by molar-refractivity contribution is 7.89. The quantitative estimate of drug-likeness (QED) is 0.830. The van der Waals surface area contributed by atoms with Crippen LogP contribution in [-0.4, -0.2) is 30.6 Å². The Bertz CT molecular complexity index is 714. The van der Waals surface area contributed by atoms with Crippen molar-refractivity contribution in [1.82, 2.24) is 9.61 Å². The lowest BCUT2D eigenvalue weighted by Crippen LogP contribution is -2.17. The summed E-state index contributed by atoms with van der Waals surface area (Å²) in [6.45, 7) is 3.50. The number of ether oxygens (including phenoxy) is 1. The third-order valence-corrected chi connectivity index (χ3v) is 4.37. The Kier molecular flexibility index (Phi) is 3.13. The van der Waals surface area contributed by atoms with Crippen molar-refractivity contribution in [3.8, 4) is 0 Å². The highest BCUT2D eigenvalue weighted by Crippen LogP contribution is 2.27. The van der Waals surface area contributed by atoms with Gasteiger partial charge in [0.2, 0.25) is 10.0 Å². The van der Waals surface area contributed by atoms with E-state index in [1.165, 1.54) is 4.52 Å². The first-order valence-electron chi connectivity index (χ1n) is 5.03. The van der Waals surface area contributed by atoms with Crippen molar-refractivity contribution in [2.45, 2.75) is 18.7 Å². The summed E-state index contributed by atoms with van der Waals surface area (Å²) in [4.78, 5) is 11.7. The average Bonchev–Trinajstić information content (AvgIpc) is 2.78. The molecule has 0 bridgehead atoms. The first-order valence-corrected chi connectivity index (χ1v) is 7.45. The van der Waals surface area contributed by atoms with E-state index in [1.54, 1.807) is 19.2 Å². The van der Waals surface area contributed by atoms with Gasteiger partial charge in [-0.3, -0.25) is 0 Å². The van der Waals surface area contributed by atoms with Gasteiger partial charge < -0.3 is 4.74 Å². The fourth-order valence-electron chi connectivity index (χ4n) is 1.51. The van der Waals surface area contributed by atoms with Crippen LogP contribution in [0.5, 0.6) is 0 Å². The lowest BCUT2D eigenvalue weighted by molar-refractivity contribution is 0.0514. The summed E-state index contributed by atoms with van der Waals surface area (Å²) in [6, 6.07) is 0. The molecule has 9 heteroatoms. The number of fused-ring (bicyclic) bond motifs is 1. The number of nitrogens with zero attached hydrogens (tertiary/aromatic N) is 2. The van der Waals surface area contributed by atoms with E-state index in [2.05, 4.69) is 5.10 Å². The third kappa shape index (κ3) is 2.00. The molecule has 2 N–H and O–H groups in total. The average molecular weight is 289 g/mol. The summed E-state index contributed by atoms with van der Waals surface area (Å²) in [5, 5.41) is 10.8. The highest BCUT2D eigenvalue weighted by atomic mass is 32.2. The monoisotopic (exact) mass is 289 g/mol. The number of sulfonamides is 1. The molecule has 2 rings (SSSR count). The number of hydrogen-bond donors (Lipinski definition) is 1. The van der Waals surface area contributed by atoms with Gasteiger partial charge in [-0.1, -0.05) is 0 Å². The van der Waals surface area contributed by atoms with Crippen molar-refractivity contribution in [2.75, 3.05) is 6.61 Å². The van der Waals surface area contributed by atoms with Crippen molar-refractivity contribution in [1.29, 1.82) is 0 Å². The van der Waals surface area contributed by atoms with E-state index in [-0.39, 0.29) is 17.2 Å². The van der Waals surface area contributed by atoms with Crippen molar-refractivity contribution in [2.24, 2.45) is 5.14 Å². The topological polar surface area (TPSA) is 104 Å². The number of nitrogens with two attached hydrogens (primary N) is 1. The molecule has 0 aliphatic rings. The number of aryl methyl sites for hydroxylation is 1. The third-order valence-electron chi connectivity index (χ3n) is 2.23. The lowest BCUT2D eigenvalue weighted by Gasteiger charge is -1.99. The summed E-state index contributed by atoms with van der Waals surface area (Å²) in [7, 11) is -4.04. The highest BCUT2D eigenvalue weighted by Gasteiger charge is 2.29. The molecule has 18 heavy (non-hydrogen) atoms. The van der Waals surface area contributed by atoms with Crippen molar-refractivity contribution < 1.29 is 17.9 Å². The molecule has 2 aromatic rings. The molecule has 0 unspecified atom stereocenters. The zero-order valence-electron chi connectivity index (χ0n) is 9.71. The molecular formula is C9H11N3O4S2. The number of rotatable bonds is 3. The zero-order chi connectivity index (χ0) is 13.5. The summed E-state index contributed by atoms with van der Waals surface area (Å²) in [5.41, 5.74) is 0.449. The number of primary sulfonamides is 1.